The van der Waals surface area contributed by atoms with Crippen LogP contribution < -0.4 is 14.8 Å². The fourth-order valence-electron chi connectivity index (χ4n) is 2.64. The maximum absolute atomic E-state index is 12.8. The lowest BCUT2D eigenvalue weighted by Gasteiger charge is -2.11. The SMILES string of the molecule is CCS(=O)(=O)Nc1ccccc1C(=O)Nc1nc(-c2ccc(OC)cc2)c(C)s1. The zero-order valence-corrected chi connectivity index (χ0v) is 17.9. The van der Waals surface area contributed by atoms with Crippen LogP contribution >= 0.6 is 11.3 Å². The molecule has 0 fully saturated rings. The van der Waals surface area contributed by atoms with E-state index in [-0.39, 0.29) is 17.0 Å². The largest absolute Gasteiger partial charge is 0.497 e. The zero-order chi connectivity index (χ0) is 21.0. The highest BCUT2D eigenvalue weighted by Crippen LogP contribution is 2.32. The molecule has 3 rings (SSSR count). The predicted octanol–water partition coefficient (Wildman–Crippen LogP) is 4.14. The summed E-state index contributed by atoms with van der Waals surface area (Å²) in [7, 11) is -1.89. The van der Waals surface area contributed by atoms with Crippen LogP contribution in [0, 0.1) is 6.92 Å². The molecule has 1 aromatic heterocycles. The number of benzene rings is 2. The Balaban J connectivity index is 1.83. The first-order valence-corrected chi connectivity index (χ1v) is 11.3. The Morgan fingerprint density at radius 2 is 1.83 bits per heavy atom. The summed E-state index contributed by atoms with van der Waals surface area (Å²) in [5.41, 5.74) is 2.14. The highest BCUT2D eigenvalue weighted by molar-refractivity contribution is 7.92. The van der Waals surface area contributed by atoms with Crippen molar-refractivity contribution in [1.29, 1.82) is 0 Å². The molecule has 7 nitrogen and oxygen atoms in total. The molecule has 0 spiro atoms. The highest BCUT2D eigenvalue weighted by Gasteiger charge is 2.18. The number of anilines is 2. The number of para-hydroxylation sites is 1. The number of ether oxygens (including phenoxy) is 1. The van der Waals surface area contributed by atoms with Crippen LogP contribution in [0.4, 0.5) is 10.8 Å². The summed E-state index contributed by atoms with van der Waals surface area (Å²) in [6.07, 6.45) is 0. The second-order valence-corrected chi connectivity index (χ2v) is 9.37. The second kappa shape index (κ2) is 8.62. The van der Waals surface area contributed by atoms with Crippen molar-refractivity contribution >= 4 is 38.1 Å². The van der Waals surface area contributed by atoms with Crippen LogP contribution in [0.2, 0.25) is 0 Å². The minimum absolute atomic E-state index is 0.0835. The first-order chi connectivity index (χ1) is 13.8. The highest BCUT2D eigenvalue weighted by atomic mass is 32.2. The summed E-state index contributed by atoms with van der Waals surface area (Å²) in [4.78, 5) is 18.2. The van der Waals surface area contributed by atoms with Gasteiger partial charge < -0.3 is 4.74 Å². The molecule has 29 heavy (non-hydrogen) atoms. The van der Waals surface area contributed by atoms with E-state index in [0.717, 1.165) is 21.9 Å². The van der Waals surface area contributed by atoms with Gasteiger partial charge in [0.25, 0.3) is 5.91 Å². The van der Waals surface area contributed by atoms with E-state index in [1.807, 2.05) is 31.2 Å². The third-order valence-electron chi connectivity index (χ3n) is 4.20. The summed E-state index contributed by atoms with van der Waals surface area (Å²) >= 11 is 1.35. The summed E-state index contributed by atoms with van der Waals surface area (Å²) in [5.74, 6) is 0.232. The molecule has 0 bridgehead atoms. The van der Waals surface area contributed by atoms with Crippen LogP contribution in [-0.2, 0) is 10.0 Å². The van der Waals surface area contributed by atoms with Gasteiger partial charge in [0.15, 0.2) is 5.13 Å². The number of sulfonamides is 1. The Labute approximate surface area is 173 Å². The third kappa shape index (κ3) is 4.93. The van der Waals surface area contributed by atoms with Crippen molar-refractivity contribution in [3.63, 3.8) is 0 Å². The summed E-state index contributed by atoms with van der Waals surface area (Å²) in [6.45, 7) is 3.46. The molecule has 1 amide bonds. The number of thiazole rings is 1. The lowest BCUT2D eigenvalue weighted by molar-refractivity contribution is 0.102. The Morgan fingerprint density at radius 3 is 2.48 bits per heavy atom. The van der Waals surface area contributed by atoms with Gasteiger partial charge in [0, 0.05) is 10.4 Å². The molecule has 3 aromatic rings. The van der Waals surface area contributed by atoms with Crippen LogP contribution in [0.5, 0.6) is 5.75 Å². The van der Waals surface area contributed by atoms with E-state index >= 15 is 0 Å². The molecule has 1 heterocycles. The number of aryl methyl sites for hydroxylation is 1. The van der Waals surface area contributed by atoms with Gasteiger partial charge in [-0.05, 0) is 50.2 Å². The number of amides is 1. The Kier molecular flexibility index (Phi) is 6.19. The smallest absolute Gasteiger partial charge is 0.259 e. The first kappa shape index (κ1) is 20.8. The number of hydrogen-bond donors (Lipinski definition) is 2. The van der Waals surface area contributed by atoms with Crippen molar-refractivity contribution in [2.45, 2.75) is 13.8 Å². The molecule has 0 saturated heterocycles. The first-order valence-electron chi connectivity index (χ1n) is 8.85. The Morgan fingerprint density at radius 1 is 1.14 bits per heavy atom. The summed E-state index contributed by atoms with van der Waals surface area (Å²) in [5, 5.41) is 3.20. The van der Waals surface area contributed by atoms with E-state index < -0.39 is 15.9 Å². The van der Waals surface area contributed by atoms with Crippen molar-refractivity contribution in [3.05, 3.63) is 59.0 Å². The van der Waals surface area contributed by atoms with Crippen LogP contribution in [0.15, 0.2) is 48.5 Å². The van der Waals surface area contributed by atoms with Gasteiger partial charge in [0.1, 0.15) is 5.75 Å². The number of carbonyl (C=O) groups is 1. The molecule has 0 radical (unpaired) electrons. The minimum atomic E-state index is -3.50. The molecular weight excluding hydrogens is 410 g/mol. The predicted molar refractivity (Wildman–Crippen MR) is 116 cm³/mol. The molecule has 0 aliphatic heterocycles. The van der Waals surface area contributed by atoms with Gasteiger partial charge in [-0.3, -0.25) is 14.8 Å². The average Bonchev–Trinajstić information content (AvgIpc) is 3.08. The third-order valence-corrected chi connectivity index (χ3v) is 6.37. The standard InChI is InChI=1S/C20H21N3O4S2/c1-4-29(25,26)23-17-8-6-5-7-16(17)19(24)22-20-21-18(13(2)28-20)14-9-11-15(27-3)12-10-14/h5-12,23H,4H2,1-3H3,(H,21,22,24). The molecule has 0 saturated carbocycles. The molecule has 0 aliphatic carbocycles. The number of nitrogens with one attached hydrogen (secondary N) is 2. The van der Waals surface area contributed by atoms with E-state index in [4.69, 9.17) is 4.74 Å². The fourth-order valence-corrected chi connectivity index (χ4v) is 4.13. The van der Waals surface area contributed by atoms with Crippen molar-refractivity contribution in [2.75, 3.05) is 22.9 Å². The number of hydrogen-bond acceptors (Lipinski definition) is 6. The quantitative estimate of drug-likeness (QED) is 0.586. The number of aromatic nitrogens is 1. The van der Waals surface area contributed by atoms with E-state index in [2.05, 4.69) is 15.0 Å². The van der Waals surface area contributed by atoms with E-state index in [1.165, 1.54) is 18.3 Å². The molecule has 0 unspecified atom stereocenters. The summed E-state index contributed by atoms with van der Waals surface area (Å²) in [6, 6.07) is 14.0. The maximum atomic E-state index is 12.8. The Bertz CT molecular complexity index is 1120. The monoisotopic (exact) mass is 431 g/mol. The number of methoxy groups -OCH3 is 1. The number of rotatable bonds is 7. The Hall–Kier alpha value is -2.91. The maximum Gasteiger partial charge on any atom is 0.259 e. The molecule has 152 valence electrons. The van der Waals surface area contributed by atoms with E-state index in [0.29, 0.717) is 5.13 Å². The van der Waals surface area contributed by atoms with Gasteiger partial charge in [-0.2, -0.15) is 0 Å². The summed E-state index contributed by atoms with van der Waals surface area (Å²) < 4.78 is 31.4. The van der Waals surface area contributed by atoms with Crippen LogP contribution in [0.1, 0.15) is 22.2 Å². The number of nitrogens with zero attached hydrogens (tertiary/aromatic N) is 1. The average molecular weight is 432 g/mol. The molecular formula is C20H21N3O4S2. The van der Waals surface area contributed by atoms with Crippen molar-refractivity contribution < 1.29 is 17.9 Å². The molecule has 9 heteroatoms. The van der Waals surface area contributed by atoms with Crippen molar-refractivity contribution in [3.8, 4) is 17.0 Å². The van der Waals surface area contributed by atoms with Crippen molar-refractivity contribution in [2.24, 2.45) is 0 Å². The van der Waals surface area contributed by atoms with Gasteiger partial charge in [-0.15, -0.1) is 11.3 Å². The molecule has 0 aliphatic rings. The molecule has 0 atom stereocenters. The van der Waals surface area contributed by atoms with Gasteiger partial charge in [-0.25, -0.2) is 13.4 Å². The normalized spacial score (nSPS) is 11.1. The van der Waals surface area contributed by atoms with E-state index in [9.17, 15) is 13.2 Å². The number of carbonyl (C=O) groups excluding carboxylic acids is 1. The fraction of sp³-hybridized carbons (Fsp3) is 0.200. The van der Waals surface area contributed by atoms with E-state index in [1.54, 1.807) is 31.4 Å². The molecule has 2 N–H and O–H groups in total. The molecule has 2 aromatic carbocycles. The van der Waals surface area contributed by atoms with Gasteiger partial charge >= 0.3 is 0 Å². The van der Waals surface area contributed by atoms with Crippen molar-refractivity contribution in [1.82, 2.24) is 4.98 Å². The van der Waals surface area contributed by atoms with Gasteiger partial charge in [0.2, 0.25) is 10.0 Å². The van der Waals surface area contributed by atoms with Gasteiger partial charge in [-0.1, -0.05) is 12.1 Å². The topological polar surface area (TPSA) is 97.4 Å². The van der Waals surface area contributed by atoms with Crippen LogP contribution in [0.25, 0.3) is 11.3 Å². The lowest BCUT2D eigenvalue weighted by Crippen LogP contribution is -2.19. The zero-order valence-electron chi connectivity index (χ0n) is 16.2. The second-order valence-electron chi connectivity index (χ2n) is 6.16. The lowest BCUT2D eigenvalue weighted by atomic mass is 10.1. The van der Waals surface area contributed by atoms with Crippen LogP contribution in [0.3, 0.4) is 0 Å². The van der Waals surface area contributed by atoms with Crippen LogP contribution in [-0.4, -0.2) is 32.2 Å². The van der Waals surface area contributed by atoms with Gasteiger partial charge in [0.05, 0.1) is 29.8 Å². The minimum Gasteiger partial charge on any atom is -0.497 e.